The van der Waals surface area contributed by atoms with E-state index in [4.69, 9.17) is 4.42 Å². The van der Waals surface area contributed by atoms with Crippen LogP contribution in [0.25, 0.3) is 38.6 Å². The van der Waals surface area contributed by atoms with Gasteiger partial charge in [0.2, 0.25) is 0 Å². The molecule has 0 spiro atoms. The SMILES string of the molecule is C1=CC2C(C=C1c1ccccc1)c1ccccc1N2c1ccccc1-c1ccc(N(c2ccccc2)c2cccc3c2oc2ccccc23)cc1. The van der Waals surface area contributed by atoms with Gasteiger partial charge in [-0.3, -0.25) is 0 Å². The van der Waals surface area contributed by atoms with E-state index in [0.29, 0.717) is 0 Å². The topological polar surface area (TPSA) is 19.6 Å². The van der Waals surface area contributed by atoms with Gasteiger partial charge in [-0.05, 0) is 70.8 Å². The smallest absolute Gasteiger partial charge is 0.159 e. The fraction of sp³-hybridized carbons (Fsp3) is 0.0417. The Hall–Kier alpha value is -6.58. The van der Waals surface area contributed by atoms with Crippen molar-refractivity contribution in [3.8, 4) is 11.1 Å². The van der Waals surface area contributed by atoms with Crippen LogP contribution in [0.15, 0.2) is 199 Å². The van der Waals surface area contributed by atoms with Gasteiger partial charge in [0.1, 0.15) is 5.58 Å². The van der Waals surface area contributed by atoms with Crippen LogP contribution in [-0.2, 0) is 0 Å². The van der Waals surface area contributed by atoms with Gasteiger partial charge in [0.15, 0.2) is 5.58 Å². The van der Waals surface area contributed by atoms with Crippen LogP contribution >= 0.6 is 0 Å². The zero-order chi connectivity index (χ0) is 33.7. The molecular formula is C48H34N2O. The molecule has 0 saturated carbocycles. The molecule has 1 aromatic heterocycles. The third kappa shape index (κ3) is 4.89. The molecule has 2 aliphatic rings. The Morgan fingerprint density at radius 3 is 2.02 bits per heavy atom. The number of anilines is 5. The molecule has 0 fully saturated rings. The first kappa shape index (κ1) is 29.3. The van der Waals surface area contributed by atoms with Crippen molar-refractivity contribution in [2.75, 3.05) is 9.80 Å². The second-order valence-corrected chi connectivity index (χ2v) is 13.3. The molecule has 2 unspecified atom stereocenters. The average Bonchev–Trinajstić information content (AvgIpc) is 3.75. The van der Waals surface area contributed by atoms with Crippen molar-refractivity contribution < 1.29 is 4.42 Å². The number of para-hydroxylation sites is 5. The molecule has 3 nitrogen and oxygen atoms in total. The minimum absolute atomic E-state index is 0.188. The fourth-order valence-electron chi connectivity index (χ4n) is 8.08. The summed E-state index contributed by atoms with van der Waals surface area (Å²) in [5.41, 5.74) is 13.7. The molecular weight excluding hydrogens is 621 g/mol. The van der Waals surface area contributed by atoms with Gasteiger partial charge in [-0.15, -0.1) is 0 Å². The third-order valence-electron chi connectivity index (χ3n) is 10.4. The van der Waals surface area contributed by atoms with Gasteiger partial charge in [0, 0.05) is 45.0 Å². The molecule has 1 aliphatic heterocycles. The molecule has 51 heavy (non-hydrogen) atoms. The summed E-state index contributed by atoms with van der Waals surface area (Å²) in [5.74, 6) is 0.261. The molecule has 3 heteroatoms. The molecule has 8 aromatic rings. The highest BCUT2D eigenvalue weighted by Gasteiger charge is 2.39. The van der Waals surface area contributed by atoms with Crippen molar-refractivity contribution in [3.05, 3.63) is 205 Å². The quantitative estimate of drug-likeness (QED) is 0.178. The summed E-state index contributed by atoms with van der Waals surface area (Å²) in [4.78, 5) is 4.84. The maximum atomic E-state index is 6.52. The summed E-state index contributed by atoms with van der Waals surface area (Å²) in [5, 5.41) is 2.24. The van der Waals surface area contributed by atoms with Crippen molar-refractivity contribution in [3.63, 3.8) is 0 Å². The number of allylic oxidation sites excluding steroid dienone is 2. The third-order valence-corrected chi connectivity index (χ3v) is 10.4. The second kappa shape index (κ2) is 12.1. The fourth-order valence-corrected chi connectivity index (χ4v) is 8.08. The number of fused-ring (bicyclic) bond motifs is 6. The van der Waals surface area contributed by atoms with E-state index < -0.39 is 0 Å². The summed E-state index contributed by atoms with van der Waals surface area (Å²) >= 11 is 0. The number of benzene rings is 7. The summed E-state index contributed by atoms with van der Waals surface area (Å²) in [7, 11) is 0. The lowest BCUT2D eigenvalue weighted by molar-refractivity contribution is 0.669. The van der Waals surface area contributed by atoms with E-state index in [1.807, 2.05) is 12.1 Å². The Balaban J connectivity index is 1.06. The summed E-state index contributed by atoms with van der Waals surface area (Å²) < 4.78 is 6.52. The molecule has 2 atom stereocenters. The average molecular weight is 655 g/mol. The molecule has 2 heterocycles. The standard InChI is InChI=1S/C48H34N2O/c1-3-14-33(15-4-1)35-28-31-45-42(32-35)39-19-8-11-23-44(39)50(45)43-22-10-7-18-38(43)34-26-29-37(30-27-34)49(36-16-5-2-6-17-36)46-24-13-21-41-40-20-9-12-25-47(40)51-48(41)46/h1-32,42,45H. The lowest BCUT2D eigenvalue weighted by Crippen LogP contribution is -2.29. The zero-order valence-corrected chi connectivity index (χ0v) is 27.9. The Bertz CT molecular complexity index is 2600. The number of hydrogen-bond donors (Lipinski definition) is 0. The van der Waals surface area contributed by atoms with Gasteiger partial charge in [-0.25, -0.2) is 0 Å². The van der Waals surface area contributed by atoms with Crippen molar-refractivity contribution in [2.45, 2.75) is 12.0 Å². The van der Waals surface area contributed by atoms with Gasteiger partial charge in [0.25, 0.3) is 0 Å². The van der Waals surface area contributed by atoms with Gasteiger partial charge < -0.3 is 14.2 Å². The second-order valence-electron chi connectivity index (χ2n) is 13.3. The van der Waals surface area contributed by atoms with Crippen LogP contribution in [0, 0.1) is 0 Å². The molecule has 0 saturated heterocycles. The van der Waals surface area contributed by atoms with E-state index >= 15 is 0 Å². The first-order valence-corrected chi connectivity index (χ1v) is 17.6. The Kier molecular flexibility index (Phi) is 6.95. The first-order chi connectivity index (χ1) is 25.3. The Morgan fingerprint density at radius 2 is 1.18 bits per heavy atom. The maximum Gasteiger partial charge on any atom is 0.159 e. The van der Waals surface area contributed by atoms with E-state index in [-0.39, 0.29) is 12.0 Å². The van der Waals surface area contributed by atoms with E-state index in [2.05, 4.69) is 192 Å². The zero-order valence-electron chi connectivity index (χ0n) is 27.9. The van der Waals surface area contributed by atoms with E-state index in [1.165, 1.54) is 39.2 Å². The normalized spacial score (nSPS) is 16.2. The molecule has 10 rings (SSSR count). The van der Waals surface area contributed by atoms with E-state index in [9.17, 15) is 0 Å². The highest BCUT2D eigenvalue weighted by atomic mass is 16.3. The summed E-state index contributed by atoms with van der Waals surface area (Å²) in [6.45, 7) is 0. The minimum atomic E-state index is 0.188. The van der Waals surface area contributed by atoms with Crippen molar-refractivity contribution in [1.82, 2.24) is 0 Å². The molecule has 242 valence electrons. The van der Waals surface area contributed by atoms with Crippen LogP contribution in [-0.4, -0.2) is 6.04 Å². The predicted octanol–water partition coefficient (Wildman–Crippen LogP) is 13.0. The van der Waals surface area contributed by atoms with Crippen molar-refractivity contribution in [1.29, 1.82) is 0 Å². The molecule has 7 aromatic carbocycles. The van der Waals surface area contributed by atoms with Gasteiger partial charge in [-0.2, -0.15) is 0 Å². The van der Waals surface area contributed by atoms with Crippen LogP contribution in [0.5, 0.6) is 0 Å². The van der Waals surface area contributed by atoms with Crippen LogP contribution in [0.2, 0.25) is 0 Å². The summed E-state index contributed by atoms with van der Waals surface area (Å²) in [6, 6.07) is 62.8. The van der Waals surface area contributed by atoms with Gasteiger partial charge in [-0.1, -0.05) is 146 Å². The molecule has 0 radical (unpaired) electrons. The number of hydrogen-bond acceptors (Lipinski definition) is 3. The Labute approximate surface area is 297 Å². The first-order valence-electron chi connectivity index (χ1n) is 17.6. The predicted molar refractivity (Wildman–Crippen MR) is 213 cm³/mol. The van der Waals surface area contributed by atoms with Crippen LogP contribution in [0.3, 0.4) is 0 Å². The number of rotatable bonds is 6. The minimum Gasteiger partial charge on any atom is -0.454 e. The van der Waals surface area contributed by atoms with Crippen LogP contribution < -0.4 is 9.80 Å². The number of furan rings is 1. The highest BCUT2D eigenvalue weighted by Crippen LogP contribution is 2.51. The van der Waals surface area contributed by atoms with E-state index in [1.54, 1.807) is 0 Å². The molecule has 0 bridgehead atoms. The lowest BCUT2D eigenvalue weighted by Gasteiger charge is -2.31. The van der Waals surface area contributed by atoms with E-state index in [0.717, 1.165) is 39.0 Å². The van der Waals surface area contributed by atoms with Crippen LogP contribution in [0.1, 0.15) is 17.0 Å². The van der Waals surface area contributed by atoms with Crippen LogP contribution in [0.4, 0.5) is 28.4 Å². The van der Waals surface area contributed by atoms with Gasteiger partial charge in [0.05, 0.1) is 11.7 Å². The van der Waals surface area contributed by atoms with Crippen molar-refractivity contribution in [2.24, 2.45) is 0 Å². The highest BCUT2D eigenvalue weighted by molar-refractivity contribution is 6.10. The Morgan fingerprint density at radius 1 is 0.510 bits per heavy atom. The maximum absolute atomic E-state index is 6.52. The number of nitrogens with zero attached hydrogens (tertiary/aromatic N) is 2. The molecule has 0 N–H and O–H groups in total. The lowest BCUT2D eigenvalue weighted by atomic mass is 9.86. The van der Waals surface area contributed by atoms with Crippen molar-refractivity contribution >= 4 is 55.9 Å². The largest absolute Gasteiger partial charge is 0.454 e. The summed E-state index contributed by atoms with van der Waals surface area (Å²) in [6.07, 6.45) is 7.15. The molecule has 1 aliphatic carbocycles. The van der Waals surface area contributed by atoms with Gasteiger partial charge >= 0.3 is 0 Å². The monoisotopic (exact) mass is 654 g/mol. The molecule has 0 amide bonds.